The summed E-state index contributed by atoms with van der Waals surface area (Å²) in [5.41, 5.74) is 1.68. The summed E-state index contributed by atoms with van der Waals surface area (Å²) in [5, 5.41) is 12.1. The molecule has 0 saturated heterocycles. The van der Waals surface area contributed by atoms with Gasteiger partial charge in [0.1, 0.15) is 11.6 Å². The van der Waals surface area contributed by atoms with E-state index in [0.717, 1.165) is 11.4 Å². The second kappa shape index (κ2) is 9.12. The number of anilines is 1. The second-order valence-corrected chi connectivity index (χ2v) is 7.94. The molecule has 0 unspecified atom stereocenters. The van der Waals surface area contributed by atoms with E-state index in [1.165, 1.54) is 11.8 Å². The molecule has 1 N–H and O–H groups in total. The quantitative estimate of drug-likeness (QED) is 0.577. The fourth-order valence-corrected chi connectivity index (χ4v) is 3.69. The van der Waals surface area contributed by atoms with E-state index in [1.54, 1.807) is 25.3 Å². The number of carbonyl (C=O) groups excluding carboxylic acids is 1. The number of nitrogens with one attached hydrogen (secondary N) is 1. The maximum Gasteiger partial charge on any atom is 0.237 e. The number of rotatable bonds is 7. The third kappa shape index (κ3) is 4.85. The van der Waals surface area contributed by atoms with Crippen molar-refractivity contribution < 1.29 is 9.53 Å². The molecule has 0 fully saturated rings. The van der Waals surface area contributed by atoms with Crippen LogP contribution in [0, 0.1) is 6.92 Å². The molecule has 0 aliphatic heterocycles. The molecule has 8 heteroatoms. The first-order valence-electron chi connectivity index (χ1n) is 8.72. The van der Waals surface area contributed by atoms with E-state index in [1.807, 2.05) is 36.6 Å². The van der Waals surface area contributed by atoms with Crippen molar-refractivity contribution in [1.82, 2.24) is 14.8 Å². The normalized spacial score (nSPS) is 11.9. The van der Waals surface area contributed by atoms with Crippen molar-refractivity contribution in [3.63, 3.8) is 0 Å². The van der Waals surface area contributed by atoms with Crippen LogP contribution in [0.5, 0.6) is 5.75 Å². The van der Waals surface area contributed by atoms with Crippen molar-refractivity contribution in [1.29, 1.82) is 0 Å². The molecule has 146 valence electrons. The average molecular weight is 417 g/mol. The number of methoxy groups -OCH3 is 1. The number of halogens is 1. The largest absolute Gasteiger partial charge is 0.495 e. The molecule has 0 saturated carbocycles. The van der Waals surface area contributed by atoms with Crippen LogP contribution < -0.4 is 10.1 Å². The predicted octanol–water partition coefficient (Wildman–Crippen LogP) is 4.42. The number of ether oxygens (including phenoxy) is 1. The van der Waals surface area contributed by atoms with Gasteiger partial charge in [0.15, 0.2) is 5.16 Å². The number of nitrogens with zero attached hydrogens (tertiary/aromatic N) is 3. The summed E-state index contributed by atoms with van der Waals surface area (Å²) in [5.74, 6) is 1.19. The molecular weight excluding hydrogens is 396 g/mol. The Morgan fingerprint density at radius 3 is 2.71 bits per heavy atom. The lowest BCUT2D eigenvalue weighted by Gasteiger charge is -2.15. The maximum absolute atomic E-state index is 12.7. The van der Waals surface area contributed by atoms with Crippen molar-refractivity contribution in [2.24, 2.45) is 0 Å². The van der Waals surface area contributed by atoms with Crippen LogP contribution in [0.2, 0.25) is 5.02 Å². The molecule has 0 aliphatic rings. The van der Waals surface area contributed by atoms with Gasteiger partial charge in [-0.05, 0) is 37.6 Å². The predicted molar refractivity (Wildman–Crippen MR) is 112 cm³/mol. The van der Waals surface area contributed by atoms with E-state index in [4.69, 9.17) is 16.3 Å². The minimum absolute atomic E-state index is 0.169. The molecule has 28 heavy (non-hydrogen) atoms. The molecule has 6 nitrogen and oxygen atoms in total. The Morgan fingerprint density at radius 1 is 1.25 bits per heavy atom. The standard InChI is InChI=1S/C20H21ClN4O2S/c1-13(19(26)22-17-11-16(21)9-10-18(17)27-3)28-20-24-23-14(2)25(20)12-15-7-5-4-6-8-15/h4-11,13H,12H2,1-3H3,(H,22,26)/t13-/m0/s1. The van der Waals surface area contributed by atoms with Crippen LogP contribution in [-0.4, -0.2) is 33.0 Å². The van der Waals surface area contributed by atoms with Gasteiger partial charge < -0.3 is 14.6 Å². The Kier molecular flexibility index (Phi) is 6.59. The Labute approximate surface area is 173 Å². The van der Waals surface area contributed by atoms with Gasteiger partial charge in [0.05, 0.1) is 24.6 Å². The smallest absolute Gasteiger partial charge is 0.237 e. The van der Waals surface area contributed by atoms with E-state index >= 15 is 0 Å². The van der Waals surface area contributed by atoms with E-state index in [9.17, 15) is 4.79 Å². The van der Waals surface area contributed by atoms with Crippen molar-refractivity contribution in [3.05, 3.63) is 64.9 Å². The summed E-state index contributed by atoms with van der Waals surface area (Å²) in [6, 6.07) is 15.2. The molecular formula is C20H21ClN4O2S. The van der Waals surface area contributed by atoms with E-state index in [-0.39, 0.29) is 11.2 Å². The number of hydrogen-bond acceptors (Lipinski definition) is 5. The summed E-state index contributed by atoms with van der Waals surface area (Å²) in [7, 11) is 1.55. The topological polar surface area (TPSA) is 69.0 Å². The molecule has 1 heterocycles. The number of hydrogen-bond donors (Lipinski definition) is 1. The van der Waals surface area contributed by atoms with Crippen molar-refractivity contribution in [2.75, 3.05) is 12.4 Å². The molecule has 1 aromatic heterocycles. The third-order valence-electron chi connectivity index (χ3n) is 4.16. The van der Waals surface area contributed by atoms with Gasteiger partial charge in [0, 0.05) is 5.02 Å². The first-order valence-corrected chi connectivity index (χ1v) is 9.98. The number of aryl methyl sites for hydroxylation is 1. The Hall–Kier alpha value is -2.51. The molecule has 1 atom stereocenters. The zero-order chi connectivity index (χ0) is 20.1. The first kappa shape index (κ1) is 20.2. The summed E-state index contributed by atoms with van der Waals surface area (Å²) >= 11 is 7.39. The summed E-state index contributed by atoms with van der Waals surface area (Å²) in [6.45, 7) is 4.38. The second-order valence-electron chi connectivity index (χ2n) is 6.20. The molecule has 0 bridgehead atoms. The summed E-state index contributed by atoms with van der Waals surface area (Å²) in [4.78, 5) is 12.7. The zero-order valence-electron chi connectivity index (χ0n) is 15.8. The number of thioether (sulfide) groups is 1. The Balaban J connectivity index is 1.72. The minimum atomic E-state index is -0.387. The fourth-order valence-electron chi connectivity index (χ4n) is 2.62. The molecule has 0 radical (unpaired) electrons. The minimum Gasteiger partial charge on any atom is -0.495 e. The van der Waals surface area contributed by atoms with Crippen LogP contribution in [0.25, 0.3) is 0 Å². The molecule has 1 amide bonds. The Morgan fingerprint density at radius 2 is 2.00 bits per heavy atom. The maximum atomic E-state index is 12.7. The number of amides is 1. The lowest BCUT2D eigenvalue weighted by atomic mass is 10.2. The van der Waals surface area contributed by atoms with Crippen molar-refractivity contribution in [3.8, 4) is 5.75 Å². The molecule has 0 spiro atoms. The molecule has 3 rings (SSSR count). The van der Waals surface area contributed by atoms with Crippen LogP contribution >= 0.6 is 23.4 Å². The SMILES string of the molecule is COc1ccc(Cl)cc1NC(=O)[C@H](C)Sc1nnc(C)n1Cc1ccccc1. The number of benzene rings is 2. The van der Waals surface area contributed by atoms with E-state index < -0.39 is 0 Å². The number of aromatic nitrogens is 3. The van der Waals surface area contributed by atoms with Gasteiger partial charge >= 0.3 is 0 Å². The highest BCUT2D eigenvalue weighted by atomic mass is 35.5. The van der Waals surface area contributed by atoms with E-state index in [2.05, 4.69) is 27.6 Å². The van der Waals surface area contributed by atoms with Gasteiger partial charge in [-0.25, -0.2) is 0 Å². The van der Waals surface area contributed by atoms with E-state index in [0.29, 0.717) is 28.2 Å². The van der Waals surface area contributed by atoms with Gasteiger partial charge in [-0.2, -0.15) is 0 Å². The van der Waals surface area contributed by atoms with Crippen molar-refractivity contribution in [2.45, 2.75) is 30.8 Å². The molecule has 2 aromatic carbocycles. The van der Waals surface area contributed by atoms with Crippen LogP contribution in [0.15, 0.2) is 53.7 Å². The van der Waals surface area contributed by atoms with Gasteiger partial charge in [-0.15, -0.1) is 10.2 Å². The van der Waals surface area contributed by atoms with Crippen LogP contribution in [0.3, 0.4) is 0 Å². The van der Waals surface area contributed by atoms with Crippen LogP contribution in [0.4, 0.5) is 5.69 Å². The summed E-state index contributed by atoms with van der Waals surface area (Å²) < 4.78 is 7.29. The van der Waals surface area contributed by atoms with Crippen LogP contribution in [0.1, 0.15) is 18.3 Å². The van der Waals surface area contributed by atoms with Crippen LogP contribution in [-0.2, 0) is 11.3 Å². The van der Waals surface area contributed by atoms with Gasteiger partial charge in [-0.3, -0.25) is 4.79 Å². The van der Waals surface area contributed by atoms with Gasteiger partial charge in [-0.1, -0.05) is 53.7 Å². The fraction of sp³-hybridized carbons (Fsp3) is 0.250. The molecule has 3 aromatic rings. The zero-order valence-corrected chi connectivity index (χ0v) is 17.4. The average Bonchev–Trinajstić information content (AvgIpc) is 3.02. The highest BCUT2D eigenvalue weighted by Crippen LogP contribution is 2.29. The highest BCUT2D eigenvalue weighted by molar-refractivity contribution is 8.00. The van der Waals surface area contributed by atoms with Gasteiger partial charge in [0.2, 0.25) is 5.91 Å². The lowest BCUT2D eigenvalue weighted by molar-refractivity contribution is -0.115. The highest BCUT2D eigenvalue weighted by Gasteiger charge is 2.20. The van der Waals surface area contributed by atoms with Crippen molar-refractivity contribution >= 4 is 35.0 Å². The van der Waals surface area contributed by atoms with Gasteiger partial charge in [0.25, 0.3) is 0 Å². The third-order valence-corrected chi connectivity index (χ3v) is 5.47. The first-order chi connectivity index (χ1) is 13.5. The monoisotopic (exact) mass is 416 g/mol. The molecule has 0 aliphatic carbocycles. The summed E-state index contributed by atoms with van der Waals surface area (Å²) in [6.07, 6.45) is 0. The number of carbonyl (C=O) groups is 1. The Bertz CT molecular complexity index is 962. The lowest BCUT2D eigenvalue weighted by Crippen LogP contribution is -2.23.